The second-order valence-corrected chi connectivity index (χ2v) is 7.05. The van der Waals surface area contributed by atoms with E-state index in [0.717, 1.165) is 39.8 Å². The summed E-state index contributed by atoms with van der Waals surface area (Å²) in [6.45, 7) is 4.11. The van der Waals surface area contributed by atoms with Crippen LogP contribution in [0, 0.1) is 10.1 Å². The van der Waals surface area contributed by atoms with Crippen molar-refractivity contribution >= 4 is 41.2 Å². The maximum absolute atomic E-state index is 13.0. The fourth-order valence-electron chi connectivity index (χ4n) is 3.12. The zero-order valence-electron chi connectivity index (χ0n) is 18.5. The number of anilines is 1. The average Bonchev–Trinajstić information content (AvgIpc) is 2.71. The van der Waals surface area contributed by atoms with Crippen LogP contribution in [0.4, 0.5) is 11.4 Å². The summed E-state index contributed by atoms with van der Waals surface area (Å²) in [7, 11) is 0. The number of carbonyl (C=O) groups excluding carboxylic acids is 5. The molecule has 0 aliphatic carbocycles. The van der Waals surface area contributed by atoms with Gasteiger partial charge in [0.15, 0.2) is 18.3 Å². The number of rotatable bonds is 7. The van der Waals surface area contributed by atoms with Gasteiger partial charge in [0, 0.05) is 45.5 Å². The summed E-state index contributed by atoms with van der Waals surface area (Å²) in [6, 6.07) is 4.77. The van der Waals surface area contributed by atoms with Gasteiger partial charge in [-0.3, -0.25) is 34.1 Å². The van der Waals surface area contributed by atoms with Crippen molar-refractivity contribution in [3.05, 3.63) is 34.4 Å². The third-order valence-electron chi connectivity index (χ3n) is 4.29. The maximum atomic E-state index is 13.0. The summed E-state index contributed by atoms with van der Waals surface area (Å²) in [5.41, 5.74) is -0.102. The zero-order valence-corrected chi connectivity index (χ0v) is 18.5. The normalized spacial score (nSPS) is 23.7. The molecule has 1 N–H and O–H groups in total. The van der Waals surface area contributed by atoms with Crippen molar-refractivity contribution < 1.29 is 52.6 Å². The van der Waals surface area contributed by atoms with E-state index in [-0.39, 0.29) is 11.4 Å². The van der Waals surface area contributed by atoms with Crippen LogP contribution >= 0.6 is 0 Å². The molecule has 1 amide bonds. The van der Waals surface area contributed by atoms with Crippen molar-refractivity contribution in [3.63, 3.8) is 0 Å². The number of nitro groups is 1. The number of hydrogen-bond donors (Lipinski definition) is 1. The van der Waals surface area contributed by atoms with Crippen molar-refractivity contribution in [1.82, 2.24) is 0 Å². The van der Waals surface area contributed by atoms with E-state index in [1.807, 2.05) is 0 Å². The Morgan fingerprint density at radius 1 is 0.794 bits per heavy atom. The maximum Gasteiger partial charge on any atom is 0.305 e. The minimum atomic E-state index is -1.71. The quantitative estimate of drug-likeness (QED) is 0.247. The molecule has 1 aromatic carbocycles. The molecule has 1 aliphatic rings. The molecule has 5 atom stereocenters. The summed E-state index contributed by atoms with van der Waals surface area (Å²) in [6.07, 6.45) is -8.19. The van der Waals surface area contributed by atoms with Crippen LogP contribution in [0.15, 0.2) is 24.3 Å². The highest BCUT2D eigenvalue weighted by atomic mass is 16.7. The SMILES string of the molecule is CC(=O)O[C@@H]1O[C@H](C(=O)Nc2ccc([N+](=O)[O-])cc2)[C@@H](OC(C)=O)[C@H](OC(C)=O)[C@H]1OC(C)=O. The molecule has 0 radical (unpaired) electrons. The fourth-order valence-corrected chi connectivity index (χ4v) is 3.12. The molecule has 14 nitrogen and oxygen atoms in total. The highest BCUT2D eigenvalue weighted by Crippen LogP contribution is 2.30. The number of nitrogens with zero attached hydrogens (tertiary/aromatic N) is 1. The first-order valence-corrected chi connectivity index (χ1v) is 9.78. The number of nitro benzene ring substituents is 1. The van der Waals surface area contributed by atoms with Gasteiger partial charge in [0.25, 0.3) is 11.6 Å². The van der Waals surface area contributed by atoms with Crippen LogP contribution < -0.4 is 5.32 Å². The standard InChI is InChI=1S/C20H22N2O12/c1-9(23)30-15-16(31-10(2)24)18(32-11(3)25)20(33-12(4)26)34-17(15)19(27)21-13-5-7-14(8-6-13)22(28)29/h5-8,15-18,20H,1-4H3,(H,21,27)/t15-,16-,17-,18+,20+/m0/s1. The average molecular weight is 482 g/mol. The third kappa shape index (κ3) is 6.96. The predicted molar refractivity (Wildman–Crippen MR) is 109 cm³/mol. The largest absolute Gasteiger partial charge is 0.455 e. The molecule has 2 rings (SSSR count). The summed E-state index contributed by atoms with van der Waals surface area (Å²) in [4.78, 5) is 69.9. The van der Waals surface area contributed by atoms with Crippen LogP contribution in [-0.2, 0) is 47.7 Å². The molecule has 0 saturated carbocycles. The van der Waals surface area contributed by atoms with Crippen LogP contribution in [0.5, 0.6) is 0 Å². The van der Waals surface area contributed by atoms with Gasteiger partial charge < -0.3 is 29.0 Å². The Morgan fingerprint density at radius 3 is 1.74 bits per heavy atom. The highest BCUT2D eigenvalue weighted by Gasteiger charge is 2.55. The molecule has 0 unspecified atom stereocenters. The number of nitrogens with one attached hydrogen (secondary N) is 1. The van der Waals surface area contributed by atoms with E-state index in [2.05, 4.69) is 5.32 Å². The topological polar surface area (TPSA) is 187 Å². The van der Waals surface area contributed by atoms with Crippen molar-refractivity contribution in [2.75, 3.05) is 5.32 Å². The fraction of sp³-hybridized carbons (Fsp3) is 0.450. The van der Waals surface area contributed by atoms with Gasteiger partial charge in [0.05, 0.1) is 4.92 Å². The first-order valence-electron chi connectivity index (χ1n) is 9.78. The third-order valence-corrected chi connectivity index (χ3v) is 4.29. The molecule has 14 heteroatoms. The predicted octanol–water partition coefficient (Wildman–Crippen LogP) is 0.616. The van der Waals surface area contributed by atoms with Gasteiger partial charge in [0.1, 0.15) is 0 Å². The second kappa shape index (κ2) is 11.2. The first-order chi connectivity index (χ1) is 15.9. The molecular weight excluding hydrogens is 460 g/mol. The molecule has 1 heterocycles. The highest BCUT2D eigenvalue weighted by molar-refractivity contribution is 5.95. The monoisotopic (exact) mass is 482 g/mol. The van der Waals surface area contributed by atoms with E-state index in [4.69, 9.17) is 23.7 Å². The molecule has 184 valence electrons. The van der Waals surface area contributed by atoms with Gasteiger partial charge in [-0.2, -0.15) is 0 Å². The second-order valence-electron chi connectivity index (χ2n) is 7.05. The number of carbonyl (C=O) groups is 5. The Kier molecular flexibility index (Phi) is 8.61. The van der Waals surface area contributed by atoms with E-state index >= 15 is 0 Å². The number of non-ortho nitro benzene ring substituents is 1. The van der Waals surface area contributed by atoms with Gasteiger partial charge in [-0.1, -0.05) is 0 Å². The Bertz CT molecular complexity index is 976. The van der Waals surface area contributed by atoms with E-state index in [1.54, 1.807) is 0 Å². The Labute approximate surface area is 192 Å². The van der Waals surface area contributed by atoms with Crippen LogP contribution in [0.25, 0.3) is 0 Å². The lowest BCUT2D eigenvalue weighted by molar-refractivity contribution is -0.384. The number of amides is 1. The smallest absolute Gasteiger partial charge is 0.305 e. The number of ether oxygens (including phenoxy) is 5. The van der Waals surface area contributed by atoms with Crippen LogP contribution in [0.2, 0.25) is 0 Å². The van der Waals surface area contributed by atoms with Gasteiger partial charge in [-0.05, 0) is 12.1 Å². The number of benzene rings is 1. The minimum absolute atomic E-state index is 0.121. The Hall–Kier alpha value is -4.07. The molecule has 1 fully saturated rings. The lowest BCUT2D eigenvalue weighted by Gasteiger charge is -2.43. The Morgan fingerprint density at radius 2 is 1.26 bits per heavy atom. The molecule has 1 aliphatic heterocycles. The summed E-state index contributed by atoms with van der Waals surface area (Å²) in [5, 5.41) is 13.2. The van der Waals surface area contributed by atoms with Crippen molar-refractivity contribution in [2.45, 2.75) is 58.4 Å². The lowest BCUT2D eigenvalue weighted by Crippen LogP contribution is -2.64. The van der Waals surface area contributed by atoms with E-state index < -0.39 is 65.4 Å². The van der Waals surface area contributed by atoms with Gasteiger partial charge >= 0.3 is 23.9 Å². The molecule has 0 spiro atoms. The van der Waals surface area contributed by atoms with E-state index in [0.29, 0.717) is 0 Å². The lowest BCUT2D eigenvalue weighted by atomic mass is 9.97. The molecule has 0 aromatic heterocycles. The van der Waals surface area contributed by atoms with Crippen molar-refractivity contribution in [3.8, 4) is 0 Å². The summed E-state index contributed by atoms with van der Waals surface area (Å²) < 4.78 is 26.0. The number of esters is 4. The van der Waals surface area contributed by atoms with Gasteiger partial charge in [-0.25, -0.2) is 0 Å². The molecule has 1 saturated heterocycles. The number of hydrogen-bond acceptors (Lipinski definition) is 12. The summed E-state index contributed by atoms with van der Waals surface area (Å²) in [5.74, 6) is -4.43. The zero-order chi connectivity index (χ0) is 25.6. The van der Waals surface area contributed by atoms with E-state index in [9.17, 15) is 34.1 Å². The van der Waals surface area contributed by atoms with Gasteiger partial charge in [0.2, 0.25) is 12.4 Å². The minimum Gasteiger partial charge on any atom is -0.455 e. The first kappa shape index (κ1) is 26.2. The van der Waals surface area contributed by atoms with Crippen LogP contribution in [-0.4, -0.2) is 65.4 Å². The molecule has 34 heavy (non-hydrogen) atoms. The Balaban J connectivity index is 2.44. The van der Waals surface area contributed by atoms with Crippen LogP contribution in [0.3, 0.4) is 0 Å². The van der Waals surface area contributed by atoms with E-state index in [1.165, 1.54) is 12.1 Å². The van der Waals surface area contributed by atoms with Crippen molar-refractivity contribution in [2.24, 2.45) is 0 Å². The molecule has 0 bridgehead atoms. The summed E-state index contributed by atoms with van der Waals surface area (Å²) >= 11 is 0. The molecule has 1 aromatic rings. The van der Waals surface area contributed by atoms with Crippen molar-refractivity contribution in [1.29, 1.82) is 0 Å². The van der Waals surface area contributed by atoms with Gasteiger partial charge in [-0.15, -0.1) is 0 Å². The van der Waals surface area contributed by atoms with Crippen LogP contribution in [0.1, 0.15) is 27.7 Å². The molecular formula is C20H22N2O12.